The van der Waals surface area contributed by atoms with Gasteiger partial charge in [0.2, 0.25) is 5.91 Å². The standard InChI is InChI=1S/C20H39N3O3/c1-14(2)22-8-6-18(21-20(26)13-25)9-17(10-22)19-11-23(15(3)4)7-5-16(19)12-24/h14-19,24-25H,5-13H2,1-4H3,(H,21,26). The lowest BCUT2D eigenvalue weighted by atomic mass is 9.74. The van der Waals surface area contributed by atoms with Gasteiger partial charge in [-0.25, -0.2) is 0 Å². The molecule has 2 aliphatic heterocycles. The van der Waals surface area contributed by atoms with Gasteiger partial charge in [-0.3, -0.25) is 4.79 Å². The number of likely N-dealkylation sites (tertiary alicyclic amines) is 2. The summed E-state index contributed by atoms with van der Waals surface area (Å²) in [5.74, 6) is 0.959. The van der Waals surface area contributed by atoms with Gasteiger partial charge in [0, 0.05) is 44.4 Å². The second-order valence-electron chi connectivity index (χ2n) is 8.78. The van der Waals surface area contributed by atoms with Crippen molar-refractivity contribution in [3.8, 4) is 0 Å². The minimum absolute atomic E-state index is 0.108. The number of amides is 1. The molecule has 2 saturated heterocycles. The van der Waals surface area contributed by atoms with E-state index in [0.717, 1.165) is 45.4 Å². The molecule has 0 aromatic carbocycles. The third-order valence-corrected chi connectivity index (χ3v) is 6.47. The molecule has 1 amide bonds. The van der Waals surface area contributed by atoms with E-state index in [-0.39, 0.29) is 18.6 Å². The predicted molar refractivity (Wildman–Crippen MR) is 104 cm³/mol. The Hall–Kier alpha value is -0.690. The summed E-state index contributed by atoms with van der Waals surface area (Å²) in [4.78, 5) is 16.8. The van der Waals surface area contributed by atoms with Gasteiger partial charge in [-0.05, 0) is 71.3 Å². The number of carbonyl (C=O) groups is 1. The second-order valence-corrected chi connectivity index (χ2v) is 8.78. The van der Waals surface area contributed by atoms with E-state index in [4.69, 9.17) is 5.11 Å². The summed E-state index contributed by atoms with van der Waals surface area (Å²) in [5, 5.41) is 22.1. The second kappa shape index (κ2) is 10.0. The lowest BCUT2D eigenvalue weighted by molar-refractivity contribution is -0.124. The fraction of sp³-hybridized carbons (Fsp3) is 0.950. The fourth-order valence-corrected chi connectivity index (χ4v) is 4.74. The Morgan fingerprint density at radius 3 is 2.23 bits per heavy atom. The lowest BCUT2D eigenvalue weighted by Gasteiger charge is -2.44. The van der Waals surface area contributed by atoms with E-state index < -0.39 is 6.61 Å². The van der Waals surface area contributed by atoms with Crippen LogP contribution in [-0.4, -0.2) is 83.4 Å². The first-order valence-electron chi connectivity index (χ1n) is 10.3. The summed E-state index contributed by atoms with van der Waals surface area (Å²) >= 11 is 0. The molecular formula is C20H39N3O3. The average molecular weight is 370 g/mol. The first-order chi connectivity index (χ1) is 12.3. The number of rotatable bonds is 6. The molecule has 4 atom stereocenters. The van der Waals surface area contributed by atoms with Gasteiger partial charge in [-0.1, -0.05) is 0 Å². The highest BCUT2D eigenvalue weighted by Gasteiger charge is 2.38. The molecule has 0 saturated carbocycles. The first-order valence-corrected chi connectivity index (χ1v) is 10.3. The summed E-state index contributed by atoms with van der Waals surface area (Å²) in [6, 6.07) is 1.10. The van der Waals surface area contributed by atoms with Crippen LogP contribution in [0.4, 0.5) is 0 Å². The largest absolute Gasteiger partial charge is 0.396 e. The minimum Gasteiger partial charge on any atom is -0.396 e. The topological polar surface area (TPSA) is 76.0 Å². The van der Waals surface area contributed by atoms with Crippen molar-refractivity contribution in [2.45, 2.75) is 65.1 Å². The van der Waals surface area contributed by atoms with Gasteiger partial charge < -0.3 is 25.3 Å². The molecule has 2 heterocycles. The Balaban J connectivity index is 2.17. The van der Waals surface area contributed by atoms with E-state index in [1.54, 1.807) is 0 Å². The van der Waals surface area contributed by atoms with E-state index >= 15 is 0 Å². The summed E-state index contributed by atoms with van der Waals surface area (Å²) < 4.78 is 0. The molecule has 6 nitrogen and oxygen atoms in total. The maximum atomic E-state index is 11.7. The van der Waals surface area contributed by atoms with E-state index in [0.29, 0.717) is 29.8 Å². The zero-order chi connectivity index (χ0) is 19.3. The number of carbonyl (C=O) groups excluding carboxylic acids is 1. The van der Waals surface area contributed by atoms with E-state index in [2.05, 4.69) is 42.8 Å². The quantitative estimate of drug-likeness (QED) is 0.649. The van der Waals surface area contributed by atoms with E-state index in [9.17, 15) is 9.90 Å². The summed E-state index contributed by atoms with van der Waals surface area (Å²) in [6.07, 6.45) is 2.90. The van der Waals surface area contributed by atoms with E-state index in [1.807, 2.05) is 0 Å². The summed E-state index contributed by atoms with van der Waals surface area (Å²) in [7, 11) is 0. The molecule has 0 aromatic rings. The van der Waals surface area contributed by atoms with Gasteiger partial charge in [0.05, 0.1) is 0 Å². The van der Waals surface area contributed by atoms with Crippen molar-refractivity contribution in [3.63, 3.8) is 0 Å². The zero-order valence-electron chi connectivity index (χ0n) is 17.0. The molecular weight excluding hydrogens is 330 g/mol. The normalized spacial score (nSPS) is 32.0. The smallest absolute Gasteiger partial charge is 0.245 e. The van der Waals surface area contributed by atoms with Crippen LogP contribution >= 0.6 is 0 Å². The van der Waals surface area contributed by atoms with Crippen molar-refractivity contribution in [1.29, 1.82) is 0 Å². The molecule has 4 unspecified atom stereocenters. The third-order valence-electron chi connectivity index (χ3n) is 6.47. The predicted octanol–water partition coefficient (Wildman–Crippen LogP) is 0.923. The van der Waals surface area contributed by atoms with Crippen LogP contribution in [-0.2, 0) is 4.79 Å². The Morgan fingerprint density at radius 1 is 1.04 bits per heavy atom. The number of hydrogen-bond donors (Lipinski definition) is 3. The first kappa shape index (κ1) is 21.6. The number of nitrogens with one attached hydrogen (secondary N) is 1. The van der Waals surface area contributed by atoms with Crippen molar-refractivity contribution in [2.24, 2.45) is 17.8 Å². The van der Waals surface area contributed by atoms with Crippen molar-refractivity contribution in [1.82, 2.24) is 15.1 Å². The highest BCUT2D eigenvalue weighted by Crippen LogP contribution is 2.35. The van der Waals surface area contributed by atoms with Crippen LogP contribution in [0.3, 0.4) is 0 Å². The Labute approximate surface area is 158 Å². The molecule has 152 valence electrons. The highest BCUT2D eigenvalue weighted by molar-refractivity contribution is 5.77. The van der Waals surface area contributed by atoms with Gasteiger partial charge in [-0.2, -0.15) is 0 Å². The van der Waals surface area contributed by atoms with Crippen molar-refractivity contribution < 1.29 is 15.0 Å². The van der Waals surface area contributed by atoms with Crippen LogP contribution in [0, 0.1) is 17.8 Å². The van der Waals surface area contributed by atoms with E-state index in [1.165, 1.54) is 0 Å². The molecule has 0 aliphatic carbocycles. The van der Waals surface area contributed by atoms with Gasteiger partial charge >= 0.3 is 0 Å². The maximum absolute atomic E-state index is 11.7. The third kappa shape index (κ3) is 5.65. The van der Waals surface area contributed by atoms with Gasteiger partial charge in [0.25, 0.3) is 0 Å². The number of aliphatic hydroxyl groups is 2. The number of piperidine rings is 1. The molecule has 0 bridgehead atoms. The van der Waals surface area contributed by atoms with Crippen LogP contribution in [0.25, 0.3) is 0 Å². The Kier molecular flexibility index (Phi) is 8.33. The van der Waals surface area contributed by atoms with Crippen molar-refractivity contribution in [2.75, 3.05) is 39.4 Å². The molecule has 0 aromatic heterocycles. The zero-order valence-corrected chi connectivity index (χ0v) is 17.0. The molecule has 2 rings (SSSR count). The number of aliphatic hydroxyl groups excluding tert-OH is 2. The van der Waals surface area contributed by atoms with Crippen LogP contribution in [0.1, 0.15) is 47.0 Å². The van der Waals surface area contributed by atoms with Crippen LogP contribution in [0.2, 0.25) is 0 Å². The summed E-state index contributed by atoms with van der Waals surface area (Å²) in [5.41, 5.74) is 0. The lowest BCUT2D eigenvalue weighted by Crippen LogP contribution is -2.50. The molecule has 2 aliphatic rings. The Bertz CT molecular complexity index is 444. The Morgan fingerprint density at radius 2 is 1.65 bits per heavy atom. The molecule has 0 spiro atoms. The van der Waals surface area contributed by atoms with Crippen molar-refractivity contribution in [3.05, 3.63) is 0 Å². The summed E-state index contributed by atoms with van der Waals surface area (Å²) in [6.45, 7) is 12.8. The van der Waals surface area contributed by atoms with Gasteiger partial charge in [-0.15, -0.1) is 0 Å². The minimum atomic E-state index is -0.446. The average Bonchev–Trinajstić information content (AvgIpc) is 2.83. The number of nitrogens with zero attached hydrogens (tertiary/aromatic N) is 2. The van der Waals surface area contributed by atoms with Crippen LogP contribution in [0.5, 0.6) is 0 Å². The highest BCUT2D eigenvalue weighted by atomic mass is 16.3. The maximum Gasteiger partial charge on any atom is 0.245 e. The molecule has 0 radical (unpaired) electrons. The SMILES string of the molecule is CC(C)N1CCC(NC(=O)CO)CC(C2CN(C(C)C)CCC2CO)C1. The van der Waals surface area contributed by atoms with Crippen LogP contribution < -0.4 is 5.32 Å². The molecule has 26 heavy (non-hydrogen) atoms. The monoisotopic (exact) mass is 369 g/mol. The van der Waals surface area contributed by atoms with Crippen LogP contribution in [0.15, 0.2) is 0 Å². The fourth-order valence-electron chi connectivity index (χ4n) is 4.74. The molecule has 3 N–H and O–H groups in total. The molecule has 6 heteroatoms. The molecule has 2 fully saturated rings. The van der Waals surface area contributed by atoms with Crippen molar-refractivity contribution >= 4 is 5.91 Å². The van der Waals surface area contributed by atoms with Gasteiger partial charge in [0.1, 0.15) is 6.61 Å². The number of hydrogen-bond acceptors (Lipinski definition) is 5. The van der Waals surface area contributed by atoms with Gasteiger partial charge in [0.15, 0.2) is 0 Å².